The zero-order chi connectivity index (χ0) is 35.3. The van der Waals surface area contributed by atoms with Crippen molar-refractivity contribution in [3.05, 3.63) is 0 Å². The van der Waals surface area contributed by atoms with Gasteiger partial charge in [-0.1, -0.05) is 0 Å². The molecule has 27 heteroatoms. The highest BCUT2D eigenvalue weighted by atomic mass is 19.4. The molecule has 0 amide bonds. The van der Waals surface area contributed by atoms with Crippen LogP contribution in [0.5, 0.6) is 0 Å². The number of alkyl halides is 26. The Labute approximate surface area is 217 Å². The minimum Gasteiger partial charge on any atom is -0.369 e. The Hall–Kier alpha value is -1.86. The molecule has 0 aromatic rings. The quantitative estimate of drug-likeness (QED) is 0.146. The van der Waals surface area contributed by atoms with Crippen LogP contribution in [0.15, 0.2) is 0 Å². The zero-order valence-electron chi connectivity index (χ0n) is 18.8. The summed E-state index contributed by atoms with van der Waals surface area (Å²) in [5, 5.41) is 0. The van der Waals surface area contributed by atoms with E-state index in [0.29, 0.717) is 0 Å². The number of hydrogen-bond acceptors (Lipinski definition) is 1. The lowest BCUT2D eigenvalue weighted by Crippen LogP contribution is -2.70. The van der Waals surface area contributed by atoms with Crippen molar-refractivity contribution in [2.75, 3.05) is 0 Å². The van der Waals surface area contributed by atoms with E-state index >= 15 is 0 Å². The number of rotatable bonds is 12. The monoisotopic (exact) mass is 708 g/mol. The average Bonchev–Trinajstić information content (AvgIpc) is 3.45. The molecule has 0 spiro atoms. The molecule has 1 rings (SSSR count). The van der Waals surface area contributed by atoms with E-state index in [1.165, 1.54) is 0 Å². The SMILES string of the molecule is FC(F)(F)C(F)(F)C(F)(F)C(F)(F)C(F)(F)C(F)(F)CC1OC1CC(F)(F)C(F)(F)C(F)(F)C(F)(F)C(F)(F)C(F)(F)F. The number of ether oxygens (including phenoxy) is 1. The largest absolute Gasteiger partial charge is 0.460 e. The molecule has 0 aromatic carbocycles. The molecule has 1 fully saturated rings. The van der Waals surface area contributed by atoms with Crippen molar-refractivity contribution in [2.24, 2.45) is 0 Å². The van der Waals surface area contributed by atoms with Crippen molar-refractivity contribution < 1.29 is 119 Å². The van der Waals surface area contributed by atoms with Crippen molar-refractivity contribution in [3.8, 4) is 0 Å². The van der Waals surface area contributed by atoms with Crippen LogP contribution in [0.25, 0.3) is 0 Å². The molecule has 2 atom stereocenters. The van der Waals surface area contributed by atoms with E-state index in [0.717, 1.165) is 0 Å². The summed E-state index contributed by atoms with van der Waals surface area (Å²) in [4.78, 5) is 0. The number of hydrogen-bond donors (Lipinski definition) is 0. The summed E-state index contributed by atoms with van der Waals surface area (Å²) >= 11 is 0. The molecular formula is C16H6F26O. The van der Waals surface area contributed by atoms with E-state index in [1.807, 2.05) is 0 Å². The van der Waals surface area contributed by atoms with Crippen LogP contribution in [0.3, 0.4) is 0 Å². The van der Waals surface area contributed by atoms with E-state index in [1.54, 1.807) is 0 Å². The lowest BCUT2D eigenvalue weighted by molar-refractivity contribution is -0.440. The third kappa shape index (κ3) is 5.38. The fraction of sp³-hybridized carbons (Fsp3) is 1.00. The van der Waals surface area contributed by atoms with E-state index in [-0.39, 0.29) is 0 Å². The van der Waals surface area contributed by atoms with Crippen molar-refractivity contribution in [1.29, 1.82) is 0 Å². The Morgan fingerprint density at radius 3 is 0.651 bits per heavy atom. The van der Waals surface area contributed by atoms with Gasteiger partial charge >= 0.3 is 71.6 Å². The maximum Gasteiger partial charge on any atom is 0.460 e. The molecule has 0 saturated carbocycles. The van der Waals surface area contributed by atoms with Gasteiger partial charge in [0.05, 0.1) is 12.2 Å². The highest BCUT2D eigenvalue weighted by Crippen LogP contribution is 2.63. The van der Waals surface area contributed by atoms with Crippen LogP contribution in [-0.4, -0.2) is 83.8 Å². The molecule has 0 aliphatic carbocycles. The van der Waals surface area contributed by atoms with Gasteiger partial charge in [0.25, 0.3) is 0 Å². The first-order valence-electron chi connectivity index (χ1n) is 9.74. The Kier molecular flexibility index (Phi) is 8.94. The highest BCUT2D eigenvalue weighted by molar-refractivity contribution is 5.13. The van der Waals surface area contributed by atoms with Gasteiger partial charge in [-0.05, 0) is 0 Å². The third-order valence-corrected chi connectivity index (χ3v) is 5.60. The molecule has 0 aromatic heterocycles. The molecule has 0 bridgehead atoms. The Morgan fingerprint density at radius 1 is 0.279 bits per heavy atom. The fourth-order valence-electron chi connectivity index (χ4n) is 2.90. The van der Waals surface area contributed by atoms with E-state index in [4.69, 9.17) is 0 Å². The van der Waals surface area contributed by atoms with Gasteiger partial charge in [0.1, 0.15) is 0 Å². The highest BCUT2D eigenvalue weighted by Gasteiger charge is 2.92. The molecule has 1 heterocycles. The first-order chi connectivity index (χ1) is 18.2. The van der Waals surface area contributed by atoms with Crippen molar-refractivity contribution in [2.45, 2.75) is 96.6 Å². The van der Waals surface area contributed by atoms with Gasteiger partial charge in [0, 0.05) is 12.8 Å². The molecule has 0 radical (unpaired) electrons. The maximum absolute atomic E-state index is 13.7. The summed E-state index contributed by atoms with van der Waals surface area (Å²) in [7, 11) is 0. The normalized spacial score (nSPS) is 21.3. The Morgan fingerprint density at radius 2 is 0.465 bits per heavy atom. The Balaban J connectivity index is 3.29. The van der Waals surface area contributed by atoms with E-state index in [2.05, 4.69) is 4.74 Å². The van der Waals surface area contributed by atoms with Crippen LogP contribution in [0.2, 0.25) is 0 Å². The van der Waals surface area contributed by atoms with Gasteiger partial charge in [-0.15, -0.1) is 0 Å². The number of halogens is 26. The van der Waals surface area contributed by atoms with Crippen LogP contribution in [0, 0.1) is 0 Å². The van der Waals surface area contributed by atoms with E-state index in [9.17, 15) is 114 Å². The molecule has 258 valence electrons. The van der Waals surface area contributed by atoms with Crippen LogP contribution in [0.4, 0.5) is 114 Å². The first-order valence-corrected chi connectivity index (χ1v) is 9.74. The standard InChI is InChI=1S/C16H6F26O/c17-5(18,7(21,22)9(25,26)11(29,30)13(33,34)15(37,38)39)1-3-4(43-3)2-6(19,20)8(23,24)10(27,28)12(31,32)14(35,36)16(40,41)42/h3-4H,1-2H2. The smallest absolute Gasteiger partial charge is 0.369 e. The van der Waals surface area contributed by atoms with Crippen LogP contribution in [0.1, 0.15) is 12.8 Å². The lowest BCUT2D eigenvalue weighted by Gasteiger charge is -2.40. The topological polar surface area (TPSA) is 12.5 Å². The zero-order valence-corrected chi connectivity index (χ0v) is 18.8. The predicted molar refractivity (Wildman–Crippen MR) is 79.5 cm³/mol. The van der Waals surface area contributed by atoms with Gasteiger partial charge in [0.15, 0.2) is 0 Å². The summed E-state index contributed by atoms with van der Waals surface area (Å²) in [5.41, 5.74) is 0. The van der Waals surface area contributed by atoms with Crippen LogP contribution >= 0.6 is 0 Å². The van der Waals surface area contributed by atoms with Crippen molar-refractivity contribution in [1.82, 2.24) is 0 Å². The van der Waals surface area contributed by atoms with Crippen LogP contribution < -0.4 is 0 Å². The molecule has 2 unspecified atom stereocenters. The minimum atomic E-state index is -8.42. The number of epoxide rings is 1. The average molecular weight is 708 g/mol. The fourth-order valence-corrected chi connectivity index (χ4v) is 2.90. The predicted octanol–water partition coefficient (Wildman–Crippen LogP) is 9.01. The van der Waals surface area contributed by atoms with Gasteiger partial charge in [-0.3, -0.25) is 0 Å². The molecule has 1 saturated heterocycles. The molecule has 1 nitrogen and oxygen atoms in total. The summed E-state index contributed by atoms with van der Waals surface area (Å²) in [6, 6.07) is 0. The molecule has 0 N–H and O–H groups in total. The van der Waals surface area contributed by atoms with Gasteiger partial charge < -0.3 is 4.74 Å². The van der Waals surface area contributed by atoms with Crippen LogP contribution in [-0.2, 0) is 4.74 Å². The second-order valence-corrected chi connectivity index (χ2v) is 8.62. The molecule has 1 aliphatic heterocycles. The second-order valence-electron chi connectivity index (χ2n) is 8.62. The minimum absolute atomic E-state index is 3.44. The second kappa shape index (κ2) is 9.82. The van der Waals surface area contributed by atoms with Crippen molar-refractivity contribution >= 4 is 0 Å². The van der Waals surface area contributed by atoms with Gasteiger partial charge in [-0.25, -0.2) is 0 Å². The van der Waals surface area contributed by atoms with Gasteiger partial charge in [-0.2, -0.15) is 114 Å². The molecule has 1 aliphatic rings. The van der Waals surface area contributed by atoms with Crippen molar-refractivity contribution in [3.63, 3.8) is 0 Å². The lowest BCUT2D eigenvalue weighted by atomic mass is 9.89. The third-order valence-electron chi connectivity index (χ3n) is 5.60. The first kappa shape index (κ1) is 39.2. The maximum atomic E-state index is 13.7. The summed E-state index contributed by atoms with van der Waals surface area (Å²) in [6.07, 6.45) is -29.5. The van der Waals surface area contributed by atoms with E-state index < -0.39 is 96.6 Å². The molecule has 43 heavy (non-hydrogen) atoms. The molecular weight excluding hydrogens is 702 g/mol. The van der Waals surface area contributed by atoms with Gasteiger partial charge in [0.2, 0.25) is 0 Å². The summed E-state index contributed by atoms with van der Waals surface area (Å²) in [6.45, 7) is 0. The Bertz CT molecular complexity index is 935. The summed E-state index contributed by atoms with van der Waals surface area (Å²) in [5.74, 6) is -80.2. The summed E-state index contributed by atoms with van der Waals surface area (Å²) < 4.78 is 342.